The van der Waals surface area contributed by atoms with Crippen LogP contribution in [-0.2, 0) is 0 Å². The molecule has 8 heteroatoms. The van der Waals surface area contributed by atoms with E-state index in [2.05, 4.69) is 4.98 Å². The van der Waals surface area contributed by atoms with Gasteiger partial charge in [0.15, 0.2) is 0 Å². The topological polar surface area (TPSA) is 62.5 Å². The number of pyridine rings is 1. The van der Waals surface area contributed by atoms with E-state index in [4.69, 9.17) is 11.6 Å². The lowest BCUT2D eigenvalue weighted by Crippen LogP contribution is -2.47. The number of halogens is 2. The van der Waals surface area contributed by atoms with Crippen molar-refractivity contribution < 1.29 is 9.31 Å². The Morgan fingerprint density at radius 3 is 2.52 bits per heavy atom. The van der Waals surface area contributed by atoms with E-state index < -0.39 is 4.92 Å². The summed E-state index contributed by atoms with van der Waals surface area (Å²) in [5.74, 6) is -0.0107. The Labute approximate surface area is 137 Å². The van der Waals surface area contributed by atoms with Crippen LogP contribution in [0.1, 0.15) is 0 Å². The number of nitrogens with zero attached hydrogens (tertiary/aromatic N) is 4. The minimum Gasteiger partial charge on any atom is -0.366 e. The van der Waals surface area contributed by atoms with E-state index in [1.165, 1.54) is 18.3 Å². The number of rotatable bonds is 3. The molecular formula is C15H14ClFN4O2. The summed E-state index contributed by atoms with van der Waals surface area (Å²) in [5, 5.41) is 11.4. The minimum atomic E-state index is -0.437. The van der Waals surface area contributed by atoms with Crippen molar-refractivity contribution in [1.29, 1.82) is 0 Å². The molecule has 0 N–H and O–H groups in total. The average molecular weight is 337 g/mol. The molecule has 0 spiro atoms. The number of piperazine rings is 1. The van der Waals surface area contributed by atoms with Gasteiger partial charge in [0, 0.05) is 43.5 Å². The summed E-state index contributed by atoms with van der Waals surface area (Å²) in [7, 11) is 0. The second kappa shape index (κ2) is 6.37. The van der Waals surface area contributed by atoms with Gasteiger partial charge in [-0.15, -0.1) is 0 Å². The number of aromatic nitrogens is 1. The van der Waals surface area contributed by atoms with Crippen LogP contribution in [0.3, 0.4) is 0 Å². The van der Waals surface area contributed by atoms with Crippen molar-refractivity contribution in [2.24, 2.45) is 0 Å². The maximum atomic E-state index is 14.0. The maximum absolute atomic E-state index is 14.0. The van der Waals surface area contributed by atoms with Gasteiger partial charge in [-0.05, 0) is 24.3 Å². The Morgan fingerprint density at radius 2 is 1.87 bits per heavy atom. The molecule has 1 fully saturated rings. The highest BCUT2D eigenvalue weighted by molar-refractivity contribution is 6.30. The Balaban J connectivity index is 1.75. The van der Waals surface area contributed by atoms with Crippen molar-refractivity contribution in [2.75, 3.05) is 36.0 Å². The fraction of sp³-hybridized carbons (Fsp3) is 0.267. The van der Waals surface area contributed by atoms with Gasteiger partial charge in [-0.3, -0.25) is 10.1 Å². The van der Waals surface area contributed by atoms with Crippen molar-refractivity contribution in [3.8, 4) is 0 Å². The Kier molecular flexibility index (Phi) is 4.29. The molecule has 0 bridgehead atoms. The number of nitro groups is 1. The van der Waals surface area contributed by atoms with Crippen LogP contribution < -0.4 is 9.80 Å². The third kappa shape index (κ3) is 3.19. The quantitative estimate of drug-likeness (QED) is 0.636. The number of anilines is 2. The molecule has 1 aliphatic heterocycles. The first-order chi connectivity index (χ1) is 11.1. The van der Waals surface area contributed by atoms with Crippen LogP contribution in [0.15, 0.2) is 36.5 Å². The van der Waals surface area contributed by atoms with E-state index in [-0.39, 0.29) is 11.5 Å². The van der Waals surface area contributed by atoms with Gasteiger partial charge in [-0.2, -0.15) is 0 Å². The Morgan fingerprint density at radius 1 is 1.17 bits per heavy atom. The number of benzene rings is 1. The number of hydrogen-bond donors (Lipinski definition) is 0. The van der Waals surface area contributed by atoms with E-state index in [0.29, 0.717) is 42.7 Å². The molecule has 0 saturated carbocycles. The summed E-state index contributed by atoms with van der Waals surface area (Å²) in [4.78, 5) is 18.5. The lowest BCUT2D eigenvalue weighted by Gasteiger charge is -2.36. The van der Waals surface area contributed by atoms with Gasteiger partial charge < -0.3 is 9.80 Å². The predicted molar refractivity (Wildman–Crippen MR) is 86.7 cm³/mol. The second-order valence-electron chi connectivity index (χ2n) is 5.17. The predicted octanol–water partition coefficient (Wildman–Crippen LogP) is 3.11. The molecule has 6 nitrogen and oxygen atoms in total. The summed E-state index contributed by atoms with van der Waals surface area (Å²) in [6.45, 7) is 2.15. The van der Waals surface area contributed by atoms with Crippen LogP contribution in [0.4, 0.5) is 21.6 Å². The largest absolute Gasteiger partial charge is 0.366 e. The van der Waals surface area contributed by atoms with Crippen LogP contribution in [0.25, 0.3) is 0 Å². The summed E-state index contributed by atoms with van der Waals surface area (Å²) in [5.41, 5.74) is 0.475. The Hall–Kier alpha value is -2.41. The average Bonchev–Trinajstić information content (AvgIpc) is 2.55. The van der Waals surface area contributed by atoms with Crippen LogP contribution in [0, 0.1) is 15.9 Å². The fourth-order valence-corrected chi connectivity index (χ4v) is 2.83. The van der Waals surface area contributed by atoms with Gasteiger partial charge in [0.25, 0.3) is 0 Å². The molecule has 0 amide bonds. The lowest BCUT2D eigenvalue weighted by molar-refractivity contribution is -0.384. The first-order valence-electron chi connectivity index (χ1n) is 7.10. The molecule has 2 heterocycles. The van der Waals surface area contributed by atoms with Gasteiger partial charge in [0.1, 0.15) is 5.82 Å². The molecular weight excluding hydrogens is 323 g/mol. The van der Waals surface area contributed by atoms with Crippen LogP contribution in [-0.4, -0.2) is 36.1 Å². The molecule has 0 unspecified atom stereocenters. The van der Waals surface area contributed by atoms with Crippen LogP contribution in [0.5, 0.6) is 0 Å². The van der Waals surface area contributed by atoms with Crippen molar-refractivity contribution in [2.45, 2.75) is 0 Å². The SMILES string of the molecule is O=[N+]([O-])c1cccnc1N1CCN(c2ccc(Cl)cc2F)CC1. The Bertz CT molecular complexity index is 735. The molecule has 2 aromatic rings. The van der Waals surface area contributed by atoms with Crippen molar-refractivity contribution >= 4 is 28.8 Å². The van der Waals surface area contributed by atoms with Gasteiger partial charge in [0.05, 0.1) is 10.6 Å². The molecule has 1 saturated heterocycles. The summed E-state index contributed by atoms with van der Waals surface area (Å²) in [6.07, 6.45) is 1.54. The van der Waals surface area contributed by atoms with E-state index in [1.807, 2.05) is 9.80 Å². The zero-order valence-corrected chi connectivity index (χ0v) is 12.9. The summed E-state index contributed by atoms with van der Waals surface area (Å²) in [6, 6.07) is 7.56. The van der Waals surface area contributed by atoms with Gasteiger partial charge in [-0.1, -0.05) is 11.6 Å². The molecule has 0 radical (unpaired) electrons. The van der Waals surface area contributed by atoms with Crippen molar-refractivity contribution in [3.05, 3.63) is 57.5 Å². The summed E-state index contributed by atoms with van der Waals surface area (Å²) >= 11 is 5.77. The highest BCUT2D eigenvalue weighted by atomic mass is 35.5. The molecule has 1 aliphatic rings. The molecule has 0 atom stereocenters. The molecule has 120 valence electrons. The third-order valence-electron chi connectivity index (χ3n) is 3.79. The summed E-state index contributed by atoms with van der Waals surface area (Å²) < 4.78 is 14.0. The monoisotopic (exact) mass is 336 g/mol. The highest BCUT2D eigenvalue weighted by Gasteiger charge is 2.25. The smallest absolute Gasteiger partial charge is 0.311 e. The van der Waals surface area contributed by atoms with E-state index >= 15 is 0 Å². The van der Waals surface area contributed by atoms with E-state index in [0.717, 1.165) is 0 Å². The molecule has 23 heavy (non-hydrogen) atoms. The molecule has 3 rings (SSSR count). The zero-order valence-electron chi connectivity index (χ0n) is 12.2. The van der Waals surface area contributed by atoms with Crippen molar-refractivity contribution in [1.82, 2.24) is 4.98 Å². The van der Waals surface area contributed by atoms with Crippen molar-refractivity contribution in [3.63, 3.8) is 0 Å². The molecule has 1 aromatic heterocycles. The first-order valence-corrected chi connectivity index (χ1v) is 7.48. The van der Waals surface area contributed by atoms with Gasteiger partial charge >= 0.3 is 5.69 Å². The standard InChI is InChI=1S/C15H14ClFN4O2/c16-11-3-4-13(12(17)10-11)19-6-8-20(9-7-19)15-14(21(22)23)2-1-5-18-15/h1-5,10H,6-9H2. The van der Waals surface area contributed by atoms with E-state index in [9.17, 15) is 14.5 Å². The second-order valence-corrected chi connectivity index (χ2v) is 5.61. The highest BCUT2D eigenvalue weighted by Crippen LogP contribution is 2.28. The minimum absolute atomic E-state index is 0.0152. The van der Waals surface area contributed by atoms with E-state index in [1.54, 1.807) is 18.2 Å². The molecule has 0 aliphatic carbocycles. The fourth-order valence-electron chi connectivity index (χ4n) is 2.67. The van der Waals surface area contributed by atoms with Crippen LogP contribution >= 0.6 is 11.6 Å². The zero-order chi connectivity index (χ0) is 16.4. The number of hydrogen-bond acceptors (Lipinski definition) is 5. The third-order valence-corrected chi connectivity index (χ3v) is 4.03. The normalized spacial score (nSPS) is 14.9. The maximum Gasteiger partial charge on any atom is 0.311 e. The lowest BCUT2D eigenvalue weighted by atomic mass is 10.2. The molecule has 1 aromatic carbocycles. The first kappa shape index (κ1) is 15.5. The van der Waals surface area contributed by atoms with Crippen LogP contribution in [0.2, 0.25) is 5.02 Å². The van der Waals surface area contributed by atoms with Gasteiger partial charge in [0.2, 0.25) is 5.82 Å². The van der Waals surface area contributed by atoms with Gasteiger partial charge in [-0.25, -0.2) is 9.37 Å².